The van der Waals surface area contributed by atoms with Crippen LogP contribution in [0.4, 0.5) is 0 Å². The Balaban J connectivity index is 1.45. The van der Waals surface area contributed by atoms with Crippen LogP contribution in [0, 0.1) is 0 Å². The molecule has 0 saturated carbocycles. The molecule has 8 heteroatoms. The van der Waals surface area contributed by atoms with Crippen LogP contribution >= 0.6 is 0 Å². The molecule has 2 aliphatic rings. The molecule has 1 aromatic rings. The summed E-state index contributed by atoms with van der Waals surface area (Å²) in [5.41, 5.74) is 0. The highest BCUT2D eigenvalue weighted by molar-refractivity contribution is 7.89. The Bertz CT molecular complexity index is 781. The van der Waals surface area contributed by atoms with Gasteiger partial charge in [-0.25, -0.2) is 8.42 Å². The number of carbonyl (C=O) groups excluding carboxylic acids is 2. The molecule has 2 saturated heterocycles. The van der Waals surface area contributed by atoms with E-state index in [4.69, 9.17) is 0 Å². The molecule has 2 amide bonds. The maximum atomic E-state index is 12.7. The number of hydrogen-bond donors (Lipinski definition) is 0. The molecule has 160 valence electrons. The number of amides is 2. The second-order valence-electron chi connectivity index (χ2n) is 7.75. The Morgan fingerprint density at radius 2 is 1.17 bits per heavy atom. The molecule has 0 unspecified atom stereocenters. The molecule has 0 aromatic heterocycles. The molecule has 2 heterocycles. The Morgan fingerprint density at radius 3 is 1.72 bits per heavy atom. The minimum absolute atomic E-state index is 0.0607. The van der Waals surface area contributed by atoms with Crippen molar-refractivity contribution < 1.29 is 18.0 Å². The third-order valence-corrected chi connectivity index (χ3v) is 7.65. The number of benzene rings is 1. The zero-order valence-electron chi connectivity index (χ0n) is 17.0. The lowest BCUT2D eigenvalue weighted by atomic mass is 10.1. The highest BCUT2D eigenvalue weighted by atomic mass is 32.2. The summed E-state index contributed by atoms with van der Waals surface area (Å²) >= 11 is 0. The summed E-state index contributed by atoms with van der Waals surface area (Å²) in [5, 5.41) is 0. The lowest BCUT2D eigenvalue weighted by molar-refractivity contribution is -0.137. The van der Waals surface area contributed by atoms with E-state index in [1.807, 2.05) is 4.90 Å². The summed E-state index contributed by atoms with van der Waals surface area (Å²) in [4.78, 5) is 28.8. The Labute approximate surface area is 173 Å². The van der Waals surface area contributed by atoms with Crippen LogP contribution in [-0.4, -0.2) is 73.6 Å². The summed E-state index contributed by atoms with van der Waals surface area (Å²) in [6, 6.07) is 8.36. The number of hydrogen-bond acceptors (Lipinski definition) is 4. The highest BCUT2D eigenvalue weighted by Gasteiger charge is 2.30. The van der Waals surface area contributed by atoms with E-state index in [9.17, 15) is 18.0 Å². The van der Waals surface area contributed by atoms with E-state index in [1.54, 1.807) is 35.2 Å². The fraction of sp³-hybridized carbons (Fsp3) is 0.619. The standard InChI is InChI=1S/C21H31N3O4S/c25-20(22-13-7-2-1-3-8-14-22)11-12-21(26)23-15-17-24(18-16-23)29(27,28)19-9-5-4-6-10-19/h4-6,9-10H,1-3,7-8,11-18H2. The second kappa shape index (κ2) is 10.2. The molecule has 3 rings (SSSR count). The van der Waals surface area contributed by atoms with Crippen molar-refractivity contribution in [1.82, 2.24) is 14.1 Å². The summed E-state index contributed by atoms with van der Waals surface area (Å²) in [7, 11) is -3.52. The molecule has 0 bridgehead atoms. The van der Waals surface area contributed by atoms with Crippen LogP contribution in [0.25, 0.3) is 0 Å². The average Bonchev–Trinajstić information content (AvgIpc) is 2.72. The Hall–Kier alpha value is -1.93. The minimum atomic E-state index is -3.52. The van der Waals surface area contributed by atoms with Crippen LogP contribution in [0.15, 0.2) is 35.2 Å². The smallest absolute Gasteiger partial charge is 0.243 e. The van der Waals surface area contributed by atoms with Crippen molar-refractivity contribution >= 4 is 21.8 Å². The van der Waals surface area contributed by atoms with Crippen molar-refractivity contribution in [2.75, 3.05) is 39.3 Å². The monoisotopic (exact) mass is 421 g/mol. The van der Waals surface area contributed by atoms with Gasteiger partial charge in [0.15, 0.2) is 0 Å². The van der Waals surface area contributed by atoms with E-state index in [0.29, 0.717) is 13.1 Å². The van der Waals surface area contributed by atoms with Gasteiger partial charge in [-0.05, 0) is 25.0 Å². The largest absolute Gasteiger partial charge is 0.343 e. The van der Waals surface area contributed by atoms with Gasteiger partial charge in [-0.3, -0.25) is 9.59 Å². The summed E-state index contributed by atoms with van der Waals surface area (Å²) < 4.78 is 26.8. The van der Waals surface area contributed by atoms with Crippen molar-refractivity contribution in [2.45, 2.75) is 49.8 Å². The average molecular weight is 422 g/mol. The fourth-order valence-corrected chi connectivity index (χ4v) is 5.39. The summed E-state index contributed by atoms with van der Waals surface area (Å²) in [5.74, 6) is -0.00676. The summed E-state index contributed by atoms with van der Waals surface area (Å²) in [6.45, 7) is 2.88. The molecular weight excluding hydrogens is 390 g/mol. The molecule has 0 atom stereocenters. The first-order valence-electron chi connectivity index (χ1n) is 10.6. The van der Waals surface area contributed by atoms with E-state index in [0.717, 1.165) is 25.9 Å². The zero-order chi connectivity index (χ0) is 20.7. The van der Waals surface area contributed by atoms with Crippen molar-refractivity contribution in [2.24, 2.45) is 0 Å². The van der Waals surface area contributed by atoms with E-state index < -0.39 is 10.0 Å². The molecule has 0 N–H and O–H groups in total. The normalized spacial score (nSPS) is 19.4. The quantitative estimate of drug-likeness (QED) is 0.729. The number of nitrogens with zero attached hydrogens (tertiary/aromatic N) is 3. The number of likely N-dealkylation sites (tertiary alicyclic amines) is 1. The number of sulfonamides is 1. The van der Waals surface area contributed by atoms with Crippen molar-refractivity contribution in [3.05, 3.63) is 30.3 Å². The third kappa shape index (κ3) is 5.79. The molecule has 29 heavy (non-hydrogen) atoms. The third-order valence-electron chi connectivity index (χ3n) is 5.73. The van der Waals surface area contributed by atoms with Crippen molar-refractivity contribution in [3.8, 4) is 0 Å². The molecule has 0 spiro atoms. The van der Waals surface area contributed by atoms with E-state index in [2.05, 4.69) is 0 Å². The molecule has 0 aliphatic carbocycles. The number of carbonyl (C=O) groups is 2. The van der Waals surface area contributed by atoms with Gasteiger partial charge < -0.3 is 9.80 Å². The predicted molar refractivity (Wildman–Crippen MR) is 111 cm³/mol. The van der Waals surface area contributed by atoms with E-state index in [1.165, 1.54) is 23.6 Å². The fourth-order valence-electron chi connectivity index (χ4n) is 3.95. The minimum Gasteiger partial charge on any atom is -0.343 e. The molecule has 2 aliphatic heterocycles. The molecule has 1 aromatic carbocycles. The van der Waals surface area contributed by atoms with Crippen LogP contribution < -0.4 is 0 Å². The molecular formula is C21H31N3O4S. The Kier molecular flexibility index (Phi) is 7.66. The van der Waals surface area contributed by atoms with Gasteiger partial charge in [-0.1, -0.05) is 37.5 Å². The SMILES string of the molecule is O=C(CCC(=O)N1CCN(S(=O)(=O)c2ccccc2)CC1)N1CCCCCCC1. The Morgan fingerprint density at radius 1 is 0.690 bits per heavy atom. The van der Waals surface area contributed by atoms with Crippen molar-refractivity contribution in [1.29, 1.82) is 0 Å². The molecule has 2 fully saturated rings. The lowest BCUT2D eigenvalue weighted by Gasteiger charge is -2.34. The van der Waals surface area contributed by atoms with Gasteiger partial charge in [0.25, 0.3) is 0 Å². The molecule has 0 radical (unpaired) electrons. The first-order chi connectivity index (χ1) is 14.0. The van der Waals surface area contributed by atoms with Gasteiger partial charge in [0, 0.05) is 52.1 Å². The lowest BCUT2D eigenvalue weighted by Crippen LogP contribution is -2.50. The topological polar surface area (TPSA) is 78.0 Å². The van der Waals surface area contributed by atoms with Crippen LogP contribution in [0.1, 0.15) is 44.9 Å². The van der Waals surface area contributed by atoms with Gasteiger partial charge in [-0.15, -0.1) is 0 Å². The zero-order valence-corrected chi connectivity index (χ0v) is 17.8. The van der Waals surface area contributed by atoms with Crippen molar-refractivity contribution in [3.63, 3.8) is 0 Å². The molecule has 7 nitrogen and oxygen atoms in total. The number of piperazine rings is 1. The first-order valence-corrected chi connectivity index (χ1v) is 12.0. The van der Waals surface area contributed by atoms with Gasteiger partial charge in [-0.2, -0.15) is 4.31 Å². The van der Waals surface area contributed by atoms with Gasteiger partial charge in [0.2, 0.25) is 21.8 Å². The first kappa shape index (κ1) is 21.8. The van der Waals surface area contributed by atoms with Gasteiger partial charge in [0.1, 0.15) is 0 Å². The van der Waals surface area contributed by atoms with Crippen LogP contribution in [0.2, 0.25) is 0 Å². The second-order valence-corrected chi connectivity index (χ2v) is 9.68. The van der Waals surface area contributed by atoms with Crippen LogP contribution in [0.3, 0.4) is 0 Å². The van der Waals surface area contributed by atoms with Crippen LogP contribution in [-0.2, 0) is 19.6 Å². The maximum Gasteiger partial charge on any atom is 0.243 e. The highest BCUT2D eigenvalue weighted by Crippen LogP contribution is 2.18. The number of rotatable bonds is 5. The predicted octanol–water partition coefficient (Wildman–Crippen LogP) is 2.09. The van der Waals surface area contributed by atoms with Gasteiger partial charge in [0.05, 0.1) is 4.90 Å². The van der Waals surface area contributed by atoms with Crippen LogP contribution in [0.5, 0.6) is 0 Å². The van der Waals surface area contributed by atoms with E-state index in [-0.39, 0.29) is 42.6 Å². The summed E-state index contributed by atoms with van der Waals surface area (Å²) in [6.07, 6.45) is 6.08. The van der Waals surface area contributed by atoms with E-state index >= 15 is 0 Å². The maximum absolute atomic E-state index is 12.7. The van der Waals surface area contributed by atoms with Gasteiger partial charge >= 0.3 is 0 Å².